The van der Waals surface area contributed by atoms with Gasteiger partial charge in [-0.3, -0.25) is 9.78 Å². The number of aryl methyl sites for hydroxylation is 2. The molecule has 9 heteroatoms. The number of carbonyl (C=O) groups excluding carboxylic acids is 1. The molecule has 4 aromatic rings. The molecule has 6 nitrogen and oxygen atoms in total. The number of ether oxygens (including phenoxy) is 1. The Bertz CT molecular complexity index is 1310. The number of fused-ring (bicyclic) bond motifs is 1. The van der Waals surface area contributed by atoms with Crippen molar-refractivity contribution in [2.45, 2.75) is 13.1 Å². The topological polar surface area (TPSA) is 77.2 Å². The van der Waals surface area contributed by atoms with E-state index in [0.717, 1.165) is 6.07 Å². The van der Waals surface area contributed by atoms with Crippen LogP contribution in [0.1, 0.15) is 27.2 Å². The van der Waals surface area contributed by atoms with E-state index >= 15 is 0 Å². The SMILES string of the molecule is Cc1nn(C)c(O)c1C(=O)c1ccc2nccc(Oc3ccccc3C(F)(F)F)c2c1. The normalized spacial score (nSPS) is 11.6. The van der Waals surface area contributed by atoms with Crippen LogP contribution in [0.2, 0.25) is 0 Å². The second kappa shape index (κ2) is 7.42. The molecule has 4 rings (SSSR count). The molecular formula is C22H16F3N3O3. The number of hydrogen-bond donors (Lipinski definition) is 1. The van der Waals surface area contributed by atoms with Gasteiger partial charge in [-0.05, 0) is 43.3 Å². The molecular weight excluding hydrogens is 411 g/mol. The van der Waals surface area contributed by atoms with Gasteiger partial charge >= 0.3 is 6.18 Å². The summed E-state index contributed by atoms with van der Waals surface area (Å²) in [5, 5.41) is 14.5. The van der Waals surface area contributed by atoms with Gasteiger partial charge in [0, 0.05) is 24.2 Å². The van der Waals surface area contributed by atoms with E-state index in [1.54, 1.807) is 13.0 Å². The molecule has 0 aliphatic rings. The summed E-state index contributed by atoms with van der Waals surface area (Å²) in [5.74, 6) is -0.997. The number of hydrogen-bond acceptors (Lipinski definition) is 5. The van der Waals surface area contributed by atoms with Crippen molar-refractivity contribution in [3.05, 3.63) is 77.1 Å². The molecule has 0 spiro atoms. The van der Waals surface area contributed by atoms with Gasteiger partial charge in [0.2, 0.25) is 5.88 Å². The summed E-state index contributed by atoms with van der Waals surface area (Å²) in [6.07, 6.45) is -3.18. The fourth-order valence-corrected chi connectivity index (χ4v) is 3.32. The summed E-state index contributed by atoms with van der Waals surface area (Å²) >= 11 is 0. The van der Waals surface area contributed by atoms with Crippen LogP contribution in [0.4, 0.5) is 13.2 Å². The maximum atomic E-state index is 13.3. The lowest BCUT2D eigenvalue weighted by atomic mass is 10.0. The van der Waals surface area contributed by atoms with Crippen LogP contribution in [-0.4, -0.2) is 25.7 Å². The van der Waals surface area contributed by atoms with Crippen molar-refractivity contribution in [3.63, 3.8) is 0 Å². The predicted molar refractivity (Wildman–Crippen MR) is 106 cm³/mol. The summed E-state index contributed by atoms with van der Waals surface area (Å²) in [7, 11) is 1.51. The fraction of sp³-hybridized carbons (Fsp3) is 0.136. The van der Waals surface area contributed by atoms with Gasteiger partial charge in [-0.25, -0.2) is 4.68 Å². The van der Waals surface area contributed by atoms with Gasteiger partial charge in [0.15, 0.2) is 5.78 Å². The smallest absolute Gasteiger partial charge is 0.419 e. The molecule has 0 unspecified atom stereocenters. The minimum absolute atomic E-state index is 0.0515. The fourth-order valence-electron chi connectivity index (χ4n) is 3.32. The van der Waals surface area contributed by atoms with Crippen molar-refractivity contribution >= 4 is 16.7 Å². The third-order valence-corrected chi connectivity index (χ3v) is 4.80. The van der Waals surface area contributed by atoms with Crippen molar-refractivity contribution in [1.82, 2.24) is 14.8 Å². The monoisotopic (exact) mass is 427 g/mol. The molecule has 0 saturated carbocycles. The molecule has 2 heterocycles. The summed E-state index contributed by atoms with van der Waals surface area (Å²) in [4.78, 5) is 17.2. The molecule has 0 amide bonds. The van der Waals surface area contributed by atoms with E-state index in [0.29, 0.717) is 16.6 Å². The molecule has 2 aromatic heterocycles. The van der Waals surface area contributed by atoms with Crippen molar-refractivity contribution in [3.8, 4) is 17.4 Å². The van der Waals surface area contributed by atoms with Crippen LogP contribution in [0, 0.1) is 6.92 Å². The quantitative estimate of drug-likeness (QED) is 0.463. The van der Waals surface area contributed by atoms with E-state index in [1.807, 2.05) is 0 Å². The lowest BCUT2D eigenvalue weighted by molar-refractivity contribution is -0.138. The Labute approximate surface area is 174 Å². The number of benzene rings is 2. The Morgan fingerprint density at radius 2 is 1.84 bits per heavy atom. The number of nitrogens with zero attached hydrogens (tertiary/aromatic N) is 3. The number of pyridine rings is 1. The number of aromatic hydroxyl groups is 1. The van der Waals surface area contributed by atoms with E-state index in [4.69, 9.17) is 4.74 Å². The molecule has 0 saturated heterocycles. The van der Waals surface area contributed by atoms with Gasteiger partial charge in [0.1, 0.15) is 17.1 Å². The highest BCUT2D eigenvalue weighted by molar-refractivity contribution is 6.12. The largest absolute Gasteiger partial charge is 0.493 e. The van der Waals surface area contributed by atoms with Gasteiger partial charge in [0.05, 0.1) is 16.8 Å². The first kappa shape index (κ1) is 20.4. The van der Waals surface area contributed by atoms with Gasteiger partial charge in [0.25, 0.3) is 0 Å². The van der Waals surface area contributed by atoms with Crippen LogP contribution < -0.4 is 4.74 Å². The standard InChI is InChI=1S/C22H16F3N3O3/c1-12-19(21(30)28(2)27-12)20(29)13-7-8-16-14(11-13)17(9-10-26-16)31-18-6-4-3-5-15(18)22(23,24)25/h3-11,30H,1-2H3. The summed E-state index contributed by atoms with van der Waals surface area (Å²) < 4.78 is 46.8. The first-order chi connectivity index (χ1) is 14.7. The van der Waals surface area contributed by atoms with Crippen molar-refractivity contribution in [2.75, 3.05) is 0 Å². The molecule has 0 aliphatic carbocycles. The average molecular weight is 427 g/mol. The lowest BCUT2D eigenvalue weighted by Gasteiger charge is -2.14. The van der Waals surface area contributed by atoms with Crippen molar-refractivity contribution < 1.29 is 27.8 Å². The first-order valence-corrected chi connectivity index (χ1v) is 9.17. The minimum atomic E-state index is -4.59. The number of halogens is 3. The summed E-state index contributed by atoms with van der Waals surface area (Å²) in [6, 6.07) is 10.9. The van der Waals surface area contributed by atoms with Crippen LogP contribution in [0.15, 0.2) is 54.7 Å². The number of aromatic nitrogens is 3. The zero-order valence-electron chi connectivity index (χ0n) is 16.4. The Morgan fingerprint density at radius 1 is 1.10 bits per heavy atom. The van der Waals surface area contributed by atoms with Crippen molar-refractivity contribution in [1.29, 1.82) is 0 Å². The Morgan fingerprint density at radius 3 is 2.52 bits per heavy atom. The van der Waals surface area contributed by atoms with E-state index in [-0.39, 0.29) is 28.5 Å². The summed E-state index contributed by atoms with van der Waals surface area (Å²) in [5.41, 5.74) is 0.136. The molecule has 0 radical (unpaired) electrons. The van der Waals surface area contributed by atoms with Crippen molar-refractivity contribution in [2.24, 2.45) is 7.05 Å². The van der Waals surface area contributed by atoms with E-state index in [1.165, 1.54) is 54.3 Å². The number of para-hydroxylation sites is 1. The molecule has 158 valence electrons. The molecule has 31 heavy (non-hydrogen) atoms. The maximum absolute atomic E-state index is 13.3. The Balaban J connectivity index is 1.80. The average Bonchev–Trinajstić information content (AvgIpc) is 2.98. The molecule has 1 N–H and O–H groups in total. The highest BCUT2D eigenvalue weighted by Crippen LogP contribution is 2.39. The van der Waals surface area contributed by atoms with Crippen LogP contribution in [0.3, 0.4) is 0 Å². The zero-order valence-corrected chi connectivity index (χ0v) is 16.4. The van der Waals surface area contributed by atoms with Crippen LogP contribution in [0.5, 0.6) is 17.4 Å². The maximum Gasteiger partial charge on any atom is 0.419 e. The lowest BCUT2D eigenvalue weighted by Crippen LogP contribution is -2.07. The highest BCUT2D eigenvalue weighted by Gasteiger charge is 2.34. The van der Waals surface area contributed by atoms with E-state index in [2.05, 4.69) is 10.1 Å². The summed E-state index contributed by atoms with van der Waals surface area (Å²) in [6.45, 7) is 1.60. The van der Waals surface area contributed by atoms with Crippen LogP contribution >= 0.6 is 0 Å². The second-order valence-electron chi connectivity index (χ2n) is 6.87. The molecule has 0 bridgehead atoms. The number of alkyl halides is 3. The van der Waals surface area contributed by atoms with Gasteiger partial charge in [-0.15, -0.1) is 0 Å². The van der Waals surface area contributed by atoms with Gasteiger partial charge in [-0.2, -0.15) is 18.3 Å². The van der Waals surface area contributed by atoms with Crippen LogP contribution in [-0.2, 0) is 13.2 Å². The second-order valence-corrected chi connectivity index (χ2v) is 6.87. The predicted octanol–water partition coefficient (Wildman–Crippen LogP) is 5.02. The third-order valence-electron chi connectivity index (χ3n) is 4.80. The number of carbonyl (C=O) groups is 1. The van der Waals surface area contributed by atoms with E-state index in [9.17, 15) is 23.1 Å². The molecule has 0 aliphatic heterocycles. The number of rotatable bonds is 4. The molecule has 0 atom stereocenters. The zero-order chi connectivity index (χ0) is 22.3. The Hall–Kier alpha value is -3.88. The number of ketones is 1. The minimum Gasteiger partial charge on any atom is -0.493 e. The molecule has 0 fully saturated rings. The third kappa shape index (κ3) is 3.70. The first-order valence-electron chi connectivity index (χ1n) is 9.17. The van der Waals surface area contributed by atoms with Gasteiger partial charge in [-0.1, -0.05) is 12.1 Å². The van der Waals surface area contributed by atoms with Crippen LogP contribution in [0.25, 0.3) is 10.9 Å². The van der Waals surface area contributed by atoms with E-state index < -0.39 is 17.5 Å². The Kier molecular flexibility index (Phi) is 4.88. The highest BCUT2D eigenvalue weighted by atomic mass is 19.4. The van der Waals surface area contributed by atoms with Gasteiger partial charge < -0.3 is 9.84 Å². The molecule has 2 aromatic carbocycles.